The first-order chi connectivity index (χ1) is 9.60. The molecule has 0 aromatic heterocycles. The Balaban J connectivity index is 3.74. The van der Waals surface area contributed by atoms with E-state index in [-0.39, 0.29) is 7.12 Å². The standard InChI is InChI=1S/C17H29BO2/c1-8-13-12(5)14(9-2)17(18(19-6)20-7)16(11-4)15(13)10-3/h8-11H2,1-7H3. The van der Waals surface area contributed by atoms with Crippen molar-refractivity contribution in [1.29, 1.82) is 0 Å². The molecular formula is C17H29BO2. The SMILES string of the molecule is CCc1c(C)c(CC)c(B(OC)OC)c(CC)c1CC. The van der Waals surface area contributed by atoms with Gasteiger partial charge in [-0.3, -0.25) is 0 Å². The molecule has 112 valence electrons. The molecule has 0 aliphatic rings. The summed E-state index contributed by atoms with van der Waals surface area (Å²) in [5.41, 5.74) is 8.56. The van der Waals surface area contributed by atoms with Gasteiger partial charge in [0.05, 0.1) is 0 Å². The molecule has 0 spiro atoms. The smallest absolute Gasteiger partial charge is 0.410 e. The van der Waals surface area contributed by atoms with Gasteiger partial charge in [-0.05, 0) is 65.9 Å². The molecule has 1 rings (SSSR count). The Morgan fingerprint density at radius 2 is 1.15 bits per heavy atom. The van der Waals surface area contributed by atoms with Crippen LogP contribution in [-0.4, -0.2) is 21.3 Å². The van der Waals surface area contributed by atoms with Crippen molar-refractivity contribution in [2.24, 2.45) is 0 Å². The van der Waals surface area contributed by atoms with Crippen molar-refractivity contribution < 1.29 is 9.31 Å². The molecule has 0 saturated carbocycles. The largest absolute Gasteiger partial charge is 0.494 e. The van der Waals surface area contributed by atoms with E-state index < -0.39 is 0 Å². The van der Waals surface area contributed by atoms with Crippen LogP contribution < -0.4 is 5.46 Å². The van der Waals surface area contributed by atoms with Crippen LogP contribution in [0.15, 0.2) is 0 Å². The summed E-state index contributed by atoms with van der Waals surface area (Å²) < 4.78 is 11.2. The molecule has 0 heterocycles. The summed E-state index contributed by atoms with van der Waals surface area (Å²) >= 11 is 0. The zero-order valence-corrected chi connectivity index (χ0v) is 14.2. The van der Waals surface area contributed by atoms with Gasteiger partial charge >= 0.3 is 7.12 Å². The molecule has 0 amide bonds. The van der Waals surface area contributed by atoms with Crippen LogP contribution in [0.5, 0.6) is 0 Å². The Bertz CT molecular complexity index is 451. The number of rotatable bonds is 7. The average Bonchev–Trinajstić information content (AvgIpc) is 2.47. The predicted octanol–water partition coefficient (Wildman–Crippen LogP) is 3.23. The van der Waals surface area contributed by atoms with Crippen molar-refractivity contribution in [3.63, 3.8) is 0 Å². The lowest BCUT2D eigenvalue weighted by molar-refractivity contribution is 0.291. The molecule has 0 unspecified atom stereocenters. The van der Waals surface area contributed by atoms with Gasteiger partial charge in [0.15, 0.2) is 0 Å². The van der Waals surface area contributed by atoms with Crippen LogP contribution in [0.4, 0.5) is 0 Å². The molecule has 0 bridgehead atoms. The highest BCUT2D eigenvalue weighted by molar-refractivity contribution is 6.62. The fraction of sp³-hybridized carbons (Fsp3) is 0.647. The monoisotopic (exact) mass is 276 g/mol. The maximum absolute atomic E-state index is 5.58. The molecule has 3 heteroatoms. The van der Waals surface area contributed by atoms with Gasteiger partial charge in [0, 0.05) is 14.2 Å². The van der Waals surface area contributed by atoms with Gasteiger partial charge in [0.2, 0.25) is 0 Å². The van der Waals surface area contributed by atoms with Gasteiger partial charge in [0.1, 0.15) is 0 Å². The van der Waals surface area contributed by atoms with Gasteiger partial charge in [-0.15, -0.1) is 0 Å². The molecule has 1 aromatic carbocycles. The van der Waals surface area contributed by atoms with Crippen molar-refractivity contribution in [2.75, 3.05) is 14.2 Å². The maximum Gasteiger partial charge on any atom is 0.494 e. The highest BCUT2D eigenvalue weighted by atomic mass is 16.6. The lowest BCUT2D eigenvalue weighted by Crippen LogP contribution is -2.41. The third kappa shape index (κ3) is 2.94. The first kappa shape index (κ1) is 17.3. The first-order valence-electron chi connectivity index (χ1n) is 7.82. The molecule has 0 saturated heterocycles. The van der Waals surface area contributed by atoms with E-state index in [9.17, 15) is 0 Å². The Hall–Kier alpha value is -0.795. The Kier molecular flexibility index (Phi) is 6.77. The van der Waals surface area contributed by atoms with Crippen LogP contribution in [0.1, 0.15) is 55.5 Å². The fourth-order valence-corrected chi connectivity index (χ4v) is 3.52. The summed E-state index contributed by atoms with van der Waals surface area (Å²) in [5, 5.41) is 0. The van der Waals surface area contributed by atoms with E-state index >= 15 is 0 Å². The highest BCUT2D eigenvalue weighted by Gasteiger charge is 2.28. The van der Waals surface area contributed by atoms with E-state index in [1.807, 2.05) is 0 Å². The molecule has 0 atom stereocenters. The van der Waals surface area contributed by atoms with Gasteiger partial charge in [-0.1, -0.05) is 27.7 Å². The third-order valence-electron chi connectivity index (χ3n) is 4.36. The van der Waals surface area contributed by atoms with Gasteiger partial charge in [0.25, 0.3) is 0 Å². The van der Waals surface area contributed by atoms with E-state index in [0.717, 1.165) is 25.7 Å². The Morgan fingerprint density at radius 3 is 1.50 bits per heavy atom. The second-order valence-electron chi connectivity index (χ2n) is 5.17. The Labute approximate surface area is 125 Å². The molecule has 2 nitrogen and oxygen atoms in total. The van der Waals surface area contributed by atoms with Crippen LogP contribution in [0, 0.1) is 6.92 Å². The van der Waals surface area contributed by atoms with Crippen LogP contribution >= 0.6 is 0 Å². The zero-order chi connectivity index (χ0) is 15.3. The van der Waals surface area contributed by atoms with Crippen molar-refractivity contribution >= 4 is 12.6 Å². The van der Waals surface area contributed by atoms with E-state index in [1.54, 1.807) is 14.2 Å². The van der Waals surface area contributed by atoms with Gasteiger partial charge in [-0.25, -0.2) is 0 Å². The summed E-state index contributed by atoms with van der Waals surface area (Å²) in [4.78, 5) is 0. The summed E-state index contributed by atoms with van der Waals surface area (Å²) in [6, 6.07) is 0. The third-order valence-corrected chi connectivity index (χ3v) is 4.36. The normalized spacial score (nSPS) is 10.9. The minimum absolute atomic E-state index is 0.255. The van der Waals surface area contributed by atoms with Crippen molar-refractivity contribution in [3.8, 4) is 0 Å². The fourth-order valence-electron chi connectivity index (χ4n) is 3.52. The number of hydrogen-bond acceptors (Lipinski definition) is 2. The number of hydrogen-bond donors (Lipinski definition) is 0. The first-order valence-corrected chi connectivity index (χ1v) is 7.82. The van der Waals surface area contributed by atoms with Crippen LogP contribution in [-0.2, 0) is 35.0 Å². The molecule has 0 fully saturated rings. The molecule has 0 radical (unpaired) electrons. The minimum Gasteiger partial charge on any atom is -0.410 e. The lowest BCUT2D eigenvalue weighted by Gasteiger charge is -2.25. The van der Waals surface area contributed by atoms with Crippen LogP contribution in [0.2, 0.25) is 0 Å². The molecule has 20 heavy (non-hydrogen) atoms. The minimum atomic E-state index is -0.255. The van der Waals surface area contributed by atoms with Crippen molar-refractivity contribution in [3.05, 3.63) is 27.8 Å². The maximum atomic E-state index is 5.58. The van der Waals surface area contributed by atoms with Gasteiger partial charge in [-0.2, -0.15) is 0 Å². The average molecular weight is 276 g/mol. The molecule has 0 aliphatic carbocycles. The quantitative estimate of drug-likeness (QED) is 0.712. The summed E-state index contributed by atoms with van der Waals surface area (Å²) in [5.74, 6) is 0. The van der Waals surface area contributed by atoms with E-state index in [0.29, 0.717) is 0 Å². The summed E-state index contributed by atoms with van der Waals surface area (Å²) in [7, 11) is 3.19. The predicted molar refractivity (Wildman–Crippen MR) is 88.1 cm³/mol. The summed E-state index contributed by atoms with van der Waals surface area (Å²) in [6.07, 6.45) is 4.22. The van der Waals surface area contributed by atoms with E-state index in [1.165, 1.54) is 33.3 Å². The van der Waals surface area contributed by atoms with Crippen molar-refractivity contribution in [1.82, 2.24) is 0 Å². The second-order valence-corrected chi connectivity index (χ2v) is 5.17. The lowest BCUT2D eigenvalue weighted by atomic mass is 9.67. The van der Waals surface area contributed by atoms with Gasteiger partial charge < -0.3 is 9.31 Å². The molecule has 0 aliphatic heterocycles. The molecule has 1 aromatic rings. The second kappa shape index (κ2) is 7.85. The molecule has 0 N–H and O–H groups in total. The van der Waals surface area contributed by atoms with Crippen molar-refractivity contribution in [2.45, 2.75) is 60.3 Å². The molecular weight excluding hydrogens is 247 g/mol. The van der Waals surface area contributed by atoms with Crippen LogP contribution in [0.3, 0.4) is 0 Å². The highest BCUT2D eigenvalue weighted by Crippen LogP contribution is 2.25. The topological polar surface area (TPSA) is 18.5 Å². The van der Waals surface area contributed by atoms with E-state index in [2.05, 4.69) is 34.6 Å². The Morgan fingerprint density at radius 1 is 0.700 bits per heavy atom. The van der Waals surface area contributed by atoms with Crippen LogP contribution in [0.25, 0.3) is 0 Å². The number of benzene rings is 1. The van der Waals surface area contributed by atoms with E-state index in [4.69, 9.17) is 9.31 Å². The summed E-state index contributed by atoms with van der Waals surface area (Å²) in [6.45, 7) is 11.2. The zero-order valence-electron chi connectivity index (χ0n) is 14.2.